The fraction of sp³-hybridized carbons (Fsp3) is 0.500. The Balaban J connectivity index is 1.53. The monoisotopic (exact) mass is 400 g/mol. The summed E-state index contributed by atoms with van der Waals surface area (Å²) in [6.45, 7) is 1.09. The number of aliphatic imine (C=N–C) groups is 1. The third kappa shape index (κ3) is 6.91. The van der Waals surface area contributed by atoms with Gasteiger partial charge in [0.15, 0.2) is 5.96 Å². The highest BCUT2D eigenvalue weighted by Crippen LogP contribution is 2.20. The summed E-state index contributed by atoms with van der Waals surface area (Å²) in [5.41, 5.74) is 0. The first-order valence-electron chi connectivity index (χ1n) is 8.87. The smallest absolute Gasteiger partial charge is 0.401 e. The summed E-state index contributed by atoms with van der Waals surface area (Å²) in [7, 11) is 0. The molecule has 2 N–H and O–H groups in total. The molecule has 9 heteroatoms. The second kappa shape index (κ2) is 9.27. The van der Waals surface area contributed by atoms with Gasteiger partial charge in [-0.2, -0.15) is 13.2 Å². The molecular formula is C18H23F3N4OS. The van der Waals surface area contributed by atoms with Crippen molar-refractivity contribution in [2.24, 2.45) is 4.99 Å². The van der Waals surface area contributed by atoms with Crippen molar-refractivity contribution in [1.82, 2.24) is 15.5 Å². The first kappa shape index (κ1) is 19.8. The molecule has 0 spiro atoms. The third-order valence-electron chi connectivity index (χ3n) is 4.23. The number of alkyl halides is 3. The molecule has 27 heavy (non-hydrogen) atoms. The van der Waals surface area contributed by atoms with Crippen LogP contribution < -0.4 is 10.6 Å². The highest BCUT2D eigenvalue weighted by molar-refractivity contribution is 7.09. The normalized spacial score (nSPS) is 18.8. The van der Waals surface area contributed by atoms with Crippen molar-refractivity contribution >= 4 is 17.3 Å². The van der Waals surface area contributed by atoms with E-state index in [-0.39, 0.29) is 6.04 Å². The molecule has 0 aliphatic carbocycles. The van der Waals surface area contributed by atoms with E-state index in [9.17, 15) is 13.2 Å². The average Bonchev–Trinajstić information content (AvgIpc) is 3.34. The lowest BCUT2D eigenvalue weighted by molar-refractivity contribution is -0.143. The predicted octanol–water partition coefficient (Wildman–Crippen LogP) is 3.26. The summed E-state index contributed by atoms with van der Waals surface area (Å²) in [6.07, 6.45) is -1.16. The quantitative estimate of drug-likeness (QED) is 0.553. The number of guanidine groups is 1. The Morgan fingerprint density at radius 2 is 2.22 bits per heavy atom. The second-order valence-electron chi connectivity index (χ2n) is 6.48. The summed E-state index contributed by atoms with van der Waals surface area (Å²) in [4.78, 5) is 7.14. The molecule has 1 fully saturated rings. The van der Waals surface area contributed by atoms with E-state index in [0.717, 1.165) is 10.6 Å². The molecule has 0 aromatic carbocycles. The van der Waals surface area contributed by atoms with Gasteiger partial charge in [-0.25, -0.2) is 4.99 Å². The highest BCUT2D eigenvalue weighted by Gasteiger charge is 2.34. The lowest BCUT2D eigenvalue weighted by atomic mass is 10.3. The van der Waals surface area contributed by atoms with Crippen LogP contribution in [0.5, 0.6) is 0 Å². The Labute approximate surface area is 160 Å². The van der Waals surface area contributed by atoms with Crippen LogP contribution in [-0.2, 0) is 13.0 Å². The van der Waals surface area contributed by atoms with E-state index < -0.39 is 12.7 Å². The van der Waals surface area contributed by atoms with Crippen molar-refractivity contribution in [3.63, 3.8) is 0 Å². The number of likely N-dealkylation sites (tertiary alicyclic amines) is 1. The number of rotatable bonds is 7. The average molecular weight is 400 g/mol. The predicted molar refractivity (Wildman–Crippen MR) is 99.9 cm³/mol. The Morgan fingerprint density at radius 3 is 2.93 bits per heavy atom. The second-order valence-corrected chi connectivity index (χ2v) is 7.51. The number of hydrogen-bond donors (Lipinski definition) is 2. The van der Waals surface area contributed by atoms with Crippen molar-refractivity contribution in [1.29, 1.82) is 0 Å². The number of furan rings is 1. The molecule has 0 saturated carbocycles. The summed E-state index contributed by atoms with van der Waals surface area (Å²) in [6, 6.07) is 7.68. The van der Waals surface area contributed by atoms with Crippen LogP contribution in [0.3, 0.4) is 0 Å². The van der Waals surface area contributed by atoms with Gasteiger partial charge in [-0.15, -0.1) is 11.3 Å². The van der Waals surface area contributed by atoms with E-state index in [1.165, 1.54) is 4.90 Å². The van der Waals surface area contributed by atoms with Crippen molar-refractivity contribution in [3.05, 3.63) is 46.5 Å². The van der Waals surface area contributed by atoms with Crippen molar-refractivity contribution in [2.45, 2.75) is 31.6 Å². The Kier molecular flexibility index (Phi) is 6.78. The maximum atomic E-state index is 12.6. The topological polar surface area (TPSA) is 52.8 Å². The molecule has 148 valence electrons. The first-order valence-corrected chi connectivity index (χ1v) is 9.74. The molecule has 0 radical (unpaired) electrons. The minimum absolute atomic E-state index is 0.0504. The summed E-state index contributed by atoms with van der Waals surface area (Å²) in [5.74, 6) is 1.49. The zero-order valence-electron chi connectivity index (χ0n) is 14.8. The van der Waals surface area contributed by atoms with Gasteiger partial charge in [0.1, 0.15) is 5.76 Å². The van der Waals surface area contributed by atoms with E-state index in [4.69, 9.17) is 4.42 Å². The minimum atomic E-state index is -4.16. The van der Waals surface area contributed by atoms with E-state index in [2.05, 4.69) is 15.6 Å². The fourth-order valence-electron chi connectivity index (χ4n) is 3.01. The van der Waals surface area contributed by atoms with Crippen LogP contribution in [-0.4, -0.2) is 49.3 Å². The summed E-state index contributed by atoms with van der Waals surface area (Å²) in [5, 5.41) is 8.53. The lowest BCUT2D eigenvalue weighted by Gasteiger charge is -2.20. The van der Waals surface area contributed by atoms with Gasteiger partial charge in [-0.1, -0.05) is 6.07 Å². The molecule has 3 heterocycles. The molecule has 1 unspecified atom stereocenters. The van der Waals surface area contributed by atoms with Crippen LogP contribution >= 0.6 is 11.3 Å². The summed E-state index contributed by atoms with van der Waals surface area (Å²) < 4.78 is 43.0. The number of nitrogens with zero attached hydrogens (tertiary/aromatic N) is 2. The zero-order chi connectivity index (χ0) is 19.1. The number of nitrogens with one attached hydrogen (secondary N) is 2. The van der Waals surface area contributed by atoms with Gasteiger partial charge < -0.3 is 15.1 Å². The van der Waals surface area contributed by atoms with Gasteiger partial charge in [0.25, 0.3) is 0 Å². The van der Waals surface area contributed by atoms with E-state index in [1.54, 1.807) is 17.6 Å². The van der Waals surface area contributed by atoms with Gasteiger partial charge in [-0.3, -0.25) is 4.90 Å². The minimum Gasteiger partial charge on any atom is -0.469 e. The maximum Gasteiger partial charge on any atom is 0.401 e. The molecule has 3 rings (SSSR count). The molecular weight excluding hydrogens is 377 g/mol. The summed E-state index contributed by atoms with van der Waals surface area (Å²) >= 11 is 1.63. The zero-order valence-corrected chi connectivity index (χ0v) is 15.7. The van der Waals surface area contributed by atoms with E-state index in [0.29, 0.717) is 45.0 Å². The Bertz CT molecular complexity index is 701. The van der Waals surface area contributed by atoms with Gasteiger partial charge in [0, 0.05) is 37.0 Å². The first-order chi connectivity index (χ1) is 13.0. The van der Waals surface area contributed by atoms with Gasteiger partial charge in [0.05, 0.1) is 19.4 Å². The van der Waals surface area contributed by atoms with Crippen LogP contribution in [0.4, 0.5) is 13.2 Å². The third-order valence-corrected chi connectivity index (χ3v) is 5.09. The van der Waals surface area contributed by atoms with Crippen molar-refractivity contribution in [3.8, 4) is 0 Å². The van der Waals surface area contributed by atoms with E-state index >= 15 is 0 Å². The van der Waals surface area contributed by atoms with Gasteiger partial charge >= 0.3 is 6.18 Å². The van der Waals surface area contributed by atoms with Gasteiger partial charge in [0.2, 0.25) is 0 Å². The van der Waals surface area contributed by atoms with Crippen LogP contribution in [0.15, 0.2) is 45.3 Å². The van der Waals surface area contributed by atoms with Crippen LogP contribution in [0.1, 0.15) is 17.1 Å². The Hall–Kier alpha value is -2.00. The molecule has 2 aromatic rings. The molecule has 1 aliphatic rings. The molecule has 1 saturated heterocycles. The number of hydrogen-bond acceptors (Lipinski definition) is 4. The molecule has 2 aromatic heterocycles. The molecule has 1 atom stereocenters. The van der Waals surface area contributed by atoms with Crippen molar-refractivity contribution in [2.75, 3.05) is 26.2 Å². The SMILES string of the molecule is FC(F)(F)CN1CCC(NC(=NCc2cccs2)NCCc2ccco2)C1. The standard InChI is InChI=1S/C18H23F3N4OS/c19-18(20,21)13-25-8-6-14(12-25)24-17(23-11-16-4-2-10-27-16)22-7-5-15-3-1-9-26-15/h1-4,9-10,14H,5-8,11-13H2,(H2,22,23,24). The number of halogens is 3. The van der Waals surface area contributed by atoms with Crippen LogP contribution in [0, 0.1) is 0 Å². The largest absolute Gasteiger partial charge is 0.469 e. The van der Waals surface area contributed by atoms with Gasteiger partial charge in [-0.05, 0) is 30.0 Å². The highest BCUT2D eigenvalue weighted by atomic mass is 32.1. The number of thiophene rings is 1. The molecule has 5 nitrogen and oxygen atoms in total. The fourth-order valence-corrected chi connectivity index (χ4v) is 3.64. The lowest BCUT2D eigenvalue weighted by Crippen LogP contribution is -2.45. The van der Waals surface area contributed by atoms with Crippen LogP contribution in [0.25, 0.3) is 0 Å². The van der Waals surface area contributed by atoms with Crippen LogP contribution in [0.2, 0.25) is 0 Å². The Morgan fingerprint density at radius 1 is 1.33 bits per heavy atom. The maximum absolute atomic E-state index is 12.6. The molecule has 0 amide bonds. The van der Waals surface area contributed by atoms with E-state index in [1.807, 2.05) is 29.6 Å². The molecule has 1 aliphatic heterocycles. The molecule has 0 bridgehead atoms. The van der Waals surface area contributed by atoms with Crippen molar-refractivity contribution < 1.29 is 17.6 Å².